The van der Waals surface area contributed by atoms with Crippen LogP contribution < -0.4 is 5.73 Å². The summed E-state index contributed by atoms with van der Waals surface area (Å²) in [5.74, 6) is 0. The zero-order chi connectivity index (χ0) is 5.15. The fourth-order valence-electron chi connectivity index (χ4n) is 0. The molecule has 0 aliphatic rings. The van der Waals surface area contributed by atoms with Gasteiger partial charge in [-0.25, -0.2) is 0 Å². The van der Waals surface area contributed by atoms with Crippen molar-refractivity contribution < 1.29 is 10.8 Å². The monoisotopic (exact) mass is 90.1 g/mol. The van der Waals surface area contributed by atoms with E-state index in [1.165, 1.54) is 0 Å². The van der Waals surface area contributed by atoms with Crippen LogP contribution in [0.25, 0.3) is 0 Å². The molecule has 6 heavy (non-hydrogen) atoms. The fourth-order valence-corrected chi connectivity index (χ4v) is 0. The zero-order valence-corrected chi connectivity index (χ0v) is 4.31. The first kappa shape index (κ1) is 5.92. The van der Waals surface area contributed by atoms with E-state index in [4.69, 9.17) is 5.11 Å². The van der Waals surface area contributed by atoms with Crippen LogP contribution in [0.2, 0.25) is 0 Å². The van der Waals surface area contributed by atoms with Gasteiger partial charge in [0.2, 0.25) is 0 Å². The van der Waals surface area contributed by atoms with Crippen molar-refractivity contribution in [3.8, 4) is 0 Å². The molecule has 2 atom stereocenters. The maximum absolute atomic E-state index is 8.57. The van der Waals surface area contributed by atoms with E-state index in [1.807, 2.05) is 6.92 Å². The van der Waals surface area contributed by atoms with Crippen LogP contribution in [-0.4, -0.2) is 17.3 Å². The van der Waals surface area contributed by atoms with Gasteiger partial charge in [-0.3, -0.25) is 0 Å². The van der Waals surface area contributed by atoms with Crippen LogP contribution in [0.1, 0.15) is 13.8 Å². The minimum atomic E-state index is -0.259. The van der Waals surface area contributed by atoms with Gasteiger partial charge in [-0.2, -0.15) is 0 Å². The van der Waals surface area contributed by atoms with Crippen LogP contribution in [-0.2, 0) is 0 Å². The lowest BCUT2D eigenvalue weighted by molar-refractivity contribution is -0.430. The Morgan fingerprint density at radius 2 is 1.67 bits per heavy atom. The molecule has 0 aromatic rings. The normalized spacial score (nSPS) is 20.0. The van der Waals surface area contributed by atoms with Crippen molar-refractivity contribution in [1.82, 2.24) is 0 Å². The van der Waals surface area contributed by atoms with Crippen LogP contribution in [0, 0.1) is 0 Å². The topological polar surface area (TPSA) is 47.9 Å². The number of rotatable bonds is 1. The second kappa shape index (κ2) is 2.16. The molecule has 0 spiro atoms. The second-order valence-electron chi connectivity index (χ2n) is 1.72. The molecule has 2 heteroatoms. The molecule has 0 aromatic heterocycles. The molecule has 0 radical (unpaired) electrons. The van der Waals surface area contributed by atoms with Crippen molar-refractivity contribution in [3.63, 3.8) is 0 Å². The predicted molar refractivity (Wildman–Crippen MR) is 24.0 cm³/mol. The molecule has 38 valence electrons. The minimum Gasteiger partial charge on any atom is -0.387 e. The van der Waals surface area contributed by atoms with E-state index < -0.39 is 0 Å². The maximum Gasteiger partial charge on any atom is 0.107 e. The van der Waals surface area contributed by atoms with E-state index in [2.05, 4.69) is 5.73 Å². The number of hydrogen-bond acceptors (Lipinski definition) is 1. The average Bonchev–Trinajstić information content (AvgIpc) is 1.36. The smallest absolute Gasteiger partial charge is 0.107 e. The average molecular weight is 90.1 g/mol. The Kier molecular flexibility index (Phi) is 2.13. The third-order valence-corrected chi connectivity index (χ3v) is 0.824. The highest BCUT2D eigenvalue weighted by molar-refractivity contribution is 4.49. The Balaban J connectivity index is 2.99. The standard InChI is InChI=1S/C4H11NO/c1-3(5)4(2)6/h3-4,6H,5H2,1-2H3/p+1. The van der Waals surface area contributed by atoms with Gasteiger partial charge in [-0.15, -0.1) is 0 Å². The molecule has 0 aromatic carbocycles. The van der Waals surface area contributed by atoms with Gasteiger partial charge < -0.3 is 10.8 Å². The van der Waals surface area contributed by atoms with Crippen molar-refractivity contribution in [3.05, 3.63) is 0 Å². The highest BCUT2D eigenvalue weighted by Crippen LogP contribution is 1.79. The molecule has 0 saturated heterocycles. The summed E-state index contributed by atoms with van der Waals surface area (Å²) >= 11 is 0. The lowest BCUT2D eigenvalue weighted by Crippen LogP contribution is -2.63. The number of aliphatic hydroxyl groups excluding tert-OH is 1. The van der Waals surface area contributed by atoms with Crippen LogP contribution in [0.15, 0.2) is 0 Å². The maximum atomic E-state index is 8.57. The first-order valence-corrected chi connectivity index (χ1v) is 2.15. The summed E-state index contributed by atoms with van der Waals surface area (Å²) in [5.41, 5.74) is 3.59. The molecule has 0 rings (SSSR count). The quantitative estimate of drug-likeness (QED) is 0.426. The molecule has 0 amide bonds. The molecule has 0 aliphatic carbocycles. The third kappa shape index (κ3) is 2.18. The molecule has 0 fully saturated rings. The van der Waals surface area contributed by atoms with Crippen molar-refractivity contribution >= 4 is 0 Å². The van der Waals surface area contributed by atoms with Gasteiger partial charge in [0.1, 0.15) is 12.1 Å². The van der Waals surface area contributed by atoms with Gasteiger partial charge in [0, 0.05) is 0 Å². The largest absolute Gasteiger partial charge is 0.387 e. The van der Waals surface area contributed by atoms with E-state index in [-0.39, 0.29) is 12.1 Å². The lowest BCUT2D eigenvalue weighted by atomic mass is 10.2. The molecular formula is C4H12NO+. The van der Waals surface area contributed by atoms with Crippen molar-refractivity contribution in [2.45, 2.75) is 26.0 Å². The summed E-state index contributed by atoms with van der Waals surface area (Å²) in [6.07, 6.45) is -0.259. The van der Waals surface area contributed by atoms with Crippen LogP contribution in [0.4, 0.5) is 0 Å². The summed E-state index contributed by atoms with van der Waals surface area (Å²) in [7, 11) is 0. The van der Waals surface area contributed by atoms with Crippen molar-refractivity contribution in [1.29, 1.82) is 0 Å². The summed E-state index contributed by atoms with van der Waals surface area (Å²) < 4.78 is 0. The van der Waals surface area contributed by atoms with Gasteiger partial charge >= 0.3 is 0 Å². The molecule has 2 unspecified atom stereocenters. The Labute approximate surface area is 38.0 Å². The van der Waals surface area contributed by atoms with Crippen molar-refractivity contribution in [2.24, 2.45) is 0 Å². The minimum absolute atomic E-state index is 0.157. The molecule has 0 aliphatic heterocycles. The number of aliphatic hydroxyl groups is 1. The lowest BCUT2D eigenvalue weighted by Gasteiger charge is -2.01. The fraction of sp³-hybridized carbons (Fsp3) is 1.00. The van der Waals surface area contributed by atoms with Gasteiger partial charge in [-0.1, -0.05) is 0 Å². The van der Waals surface area contributed by atoms with Gasteiger partial charge in [-0.05, 0) is 13.8 Å². The van der Waals surface area contributed by atoms with E-state index in [0.717, 1.165) is 0 Å². The van der Waals surface area contributed by atoms with Crippen LogP contribution >= 0.6 is 0 Å². The first-order valence-electron chi connectivity index (χ1n) is 2.15. The summed E-state index contributed by atoms with van der Waals surface area (Å²) in [5, 5.41) is 8.57. The number of quaternary nitrogens is 1. The highest BCUT2D eigenvalue weighted by Gasteiger charge is 2.02. The molecule has 0 saturated carbocycles. The summed E-state index contributed by atoms with van der Waals surface area (Å²) in [6.45, 7) is 3.61. The molecule has 2 nitrogen and oxygen atoms in total. The Morgan fingerprint density at radius 3 is 1.67 bits per heavy atom. The Bertz CT molecular complexity index is 28.5. The Hall–Kier alpha value is -0.0800. The van der Waals surface area contributed by atoms with Crippen LogP contribution in [0.5, 0.6) is 0 Å². The van der Waals surface area contributed by atoms with E-state index in [1.54, 1.807) is 6.92 Å². The second-order valence-corrected chi connectivity index (χ2v) is 1.72. The van der Waals surface area contributed by atoms with E-state index >= 15 is 0 Å². The summed E-state index contributed by atoms with van der Waals surface area (Å²) in [6, 6.07) is 0.157. The SMILES string of the molecule is CC([NH3+])C(C)O. The van der Waals surface area contributed by atoms with E-state index in [9.17, 15) is 0 Å². The van der Waals surface area contributed by atoms with Gasteiger partial charge in [0.15, 0.2) is 0 Å². The highest BCUT2D eigenvalue weighted by atomic mass is 16.3. The first-order chi connectivity index (χ1) is 2.64. The molecule has 4 N–H and O–H groups in total. The predicted octanol–water partition coefficient (Wildman–Crippen LogP) is -1.00. The molecule has 0 heterocycles. The van der Waals surface area contributed by atoms with E-state index in [0.29, 0.717) is 0 Å². The summed E-state index contributed by atoms with van der Waals surface area (Å²) in [4.78, 5) is 0. The number of hydrogen-bond donors (Lipinski definition) is 2. The van der Waals surface area contributed by atoms with Gasteiger partial charge in [0.25, 0.3) is 0 Å². The van der Waals surface area contributed by atoms with Crippen LogP contribution in [0.3, 0.4) is 0 Å². The molecule has 0 bridgehead atoms. The third-order valence-electron chi connectivity index (χ3n) is 0.824. The van der Waals surface area contributed by atoms with Gasteiger partial charge in [0.05, 0.1) is 0 Å². The zero-order valence-electron chi connectivity index (χ0n) is 4.31. The van der Waals surface area contributed by atoms with Crippen molar-refractivity contribution in [2.75, 3.05) is 0 Å². The molecular weight excluding hydrogens is 78.0 g/mol. The Morgan fingerprint density at radius 1 is 1.50 bits per heavy atom.